The van der Waals surface area contributed by atoms with E-state index in [0.29, 0.717) is 0 Å². The SMILES string of the molecule is CC(C)N(C)C(=O)CNC1CCCNC1=O. The predicted molar refractivity (Wildman–Crippen MR) is 61.9 cm³/mol. The van der Waals surface area contributed by atoms with Crippen LogP contribution in [-0.2, 0) is 9.59 Å². The van der Waals surface area contributed by atoms with Gasteiger partial charge in [0.25, 0.3) is 0 Å². The third kappa shape index (κ3) is 3.48. The van der Waals surface area contributed by atoms with Crippen LogP contribution in [0.5, 0.6) is 0 Å². The molecule has 1 atom stereocenters. The third-order valence-corrected chi connectivity index (χ3v) is 2.95. The largest absolute Gasteiger partial charge is 0.355 e. The van der Waals surface area contributed by atoms with E-state index in [4.69, 9.17) is 0 Å². The average Bonchev–Trinajstić information content (AvgIpc) is 2.26. The number of carbonyl (C=O) groups excluding carboxylic acids is 2. The van der Waals surface area contributed by atoms with Crippen LogP contribution in [0.15, 0.2) is 0 Å². The van der Waals surface area contributed by atoms with E-state index in [2.05, 4.69) is 10.6 Å². The number of amides is 2. The molecule has 1 rings (SSSR count). The van der Waals surface area contributed by atoms with Crippen molar-refractivity contribution < 1.29 is 9.59 Å². The molecule has 0 radical (unpaired) electrons. The van der Waals surface area contributed by atoms with E-state index in [-0.39, 0.29) is 30.4 Å². The Hall–Kier alpha value is -1.10. The highest BCUT2D eigenvalue weighted by molar-refractivity contribution is 5.84. The minimum Gasteiger partial charge on any atom is -0.355 e. The number of hydrogen-bond donors (Lipinski definition) is 2. The summed E-state index contributed by atoms with van der Waals surface area (Å²) in [6.07, 6.45) is 1.78. The summed E-state index contributed by atoms with van der Waals surface area (Å²) in [7, 11) is 1.77. The number of likely N-dealkylation sites (N-methyl/N-ethyl adjacent to an activating group) is 1. The summed E-state index contributed by atoms with van der Waals surface area (Å²) in [4.78, 5) is 24.8. The molecule has 1 aliphatic rings. The lowest BCUT2D eigenvalue weighted by atomic mass is 10.1. The van der Waals surface area contributed by atoms with E-state index in [9.17, 15) is 9.59 Å². The molecule has 16 heavy (non-hydrogen) atoms. The van der Waals surface area contributed by atoms with Gasteiger partial charge in [-0.25, -0.2) is 0 Å². The highest BCUT2D eigenvalue weighted by Crippen LogP contribution is 2.02. The van der Waals surface area contributed by atoms with Crippen LogP contribution in [0.1, 0.15) is 26.7 Å². The van der Waals surface area contributed by atoms with E-state index in [0.717, 1.165) is 19.4 Å². The van der Waals surface area contributed by atoms with Crippen molar-refractivity contribution in [3.8, 4) is 0 Å². The summed E-state index contributed by atoms with van der Waals surface area (Å²) in [5.74, 6) is 0.0274. The molecule has 92 valence electrons. The standard InChI is InChI=1S/C11H21N3O2/c1-8(2)14(3)10(15)7-13-9-5-4-6-12-11(9)16/h8-9,13H,4-7H2,1-3H3,(H,12,16). The van der Waals surface area contributed by atoms with E-state index in [1.165, 1.54) is 0 Å². The molecule has 0 aromatic rings. The first-order chi connectivity index (χ1) is 7.52. The maximum atomic E-state index is 11.7. The molecule has 5 nitrogen and oxygen atoms in total. The van der Waals surface area contributed by atoms with Crippen LogP contribution in [0, 0.1) is 0 Å². The van der Waals surface area contributed by atoms with Gasteiger partial charge in [-0.15, -0.1) is 0 Å². The molecular formula is C11H21N3O2. The van der Waals surface area contributed by atoms with Gasteiger partial charge in [0, 0.05) is 19.6 Å². The molecule has 1 fully saturated rings. The number of piperidine rings is 1. The van der Waals surface area contributed by atoms with E-state index in [1.54, 1.807) is 11.9 Å². The van der Waals surface area contributed by atoms with Gasteiger partial charge in [-0.3, -0.25) is 14.9 Å². The van der Waals surface area contributed by atoms with Crippen LogP contribution >= 0.6 is 0 Å². The van der Waals surface area contributed by atoms with E-state index >= 15 is 0 Å². The molecule has 1 saturated heterocycles. The maximum absolute atomic E-state index is 11.7. The van der Waals surface area contributed by atoms with Crippen LogP contribution < -0.4 is 10.6 Å². The Morgan fingerprint density at radius 3 is 2.88 bits per heavy atom. The van der Waals surface area contributed by atoms with Gasteiger partial charge >= 0.3 is 0 Å². The average molecular weight is 227 g/mol. The molecule has 1 unspecified atom stereocenters. The summed E-state index contributed by atoms with van der Waals surface area (Å²) in [6.45, 7) is 4.90. The Morgan fingerprint density at radius 2 is 2.31 bits per heavy atom. The number of carbonyl (C=O) groups is 2. The van der Waals surface area contributed by atoms with Gasteiger partial charge < -0.3 is 10.2 Å². The zero-order chi connectivity index (χ0) is 12.1. The lowest BCUT2D eigenvalue weighted by Gasteiger charge is -2.25. The Morgan fingerprint density at radius 1 is 1.62 bits per heavy atom. The first kappa shape index (κ1) is 13.0. The van der Waals surface area contributed by atoms with E-state index in [1.807, 2.05) is 13.8 Å². The molecule has 0 aliphatic carbocycles. The fourth-order valence-electron chi connectivity index (χ4n) is 1.59. The van der Waals surface area contributed by atoms with Gasteiger partial charge in [0.15, 0.2) is 0 Å². The van der Waals surface area contributed by atoms with Crippen LogP contribution in [0.4, 0.5) is 0 Å². The van der Waals surface area contributed by atoms with Crippen molar-refractivity contribution in [1.82, 2.24) is 15.5 Å². The summed E-state index contributed by atoms with van der Waals surface area (Å²) in [6, 6.07) is -0.0206. The van der Waals surface area contributed by atoms with Crippen molar-refractivity contribution in [3.63, 3.8) is 0 Å². The minimum atomic E-state index is -0.210. The smallest absolute Gasteiger partial charge is 0.237 e. The van der Waals surface area contributed by atoms with E-state index < -0.39 is 0 Å². The van der Waals surface area contributed by atoms with Crippen molar-refractivity contribution in [2.45, 2.75) is 38.8 Å². The molecule has 2 N–H and O–H groups in total. The number of nitrogens with zero attached hydrogens (tertiary/aromatic N) is 1. The minimum absolute atomic E-state index is 0.00579. The van der Waals surface area contributed by atoms with Crippen molar-refractivity contribution in [2.75, 3.05) is 20.1 Å². The van der Waals surface area contributed by atoms with Crippen LogP contribution in [0.25, 0.3) is 0 Å². The van der Waals surface area contributed by atoms with Crippen LogP contribution in [0.3, 0.4) is 0 Å². The second-order valence-electron chi connectivity index (χ2n) is 4.47. The van der Waals surface area contributed by atoms with Crippen LogP contribution in [-0.4, -0.2) is 48.9 Å². The molecule has 0 aromatic carbocycles. The first-order valence-corrected chi connectivity index (χ1v) is 5.79. The molecule has 2 amide bonds. The topological polar surface area (TPSA) is 61.4 Å². The second kappa shape index (κ2) is 5.84. The van der Waals surface area contributed by atoms with Crippen molar-refractivity contribution in [1.29, 1.82) is 0 Å². The van der Waals surface area contributed by atoms with Gasteiger partial charge in [0.1, 0.15) is 0 Å². The lowest BCUT2D eigenvalue weighted by molar-refractivity contribution is -0.131. The zero-order valence-corrected chi connectivity index (χ0v) is 10.2. The van der Waals surface area contributed by atoms with Crippen LogP contribution in [0.2, 0.25) is 0 Å². The highest BCUT2D eigenvalue weighted by atomic mass is 16.2. The van der Waals surface area contributed by atoms with Crippen molar-refractivity contribution >= 4 is 11.8 Å². The Kier molecular flexibility index (Phi) is 4.73. The first-order valence-electron chi connectivity index (χ1n) is 5.79. The molecule has 1 heterocycles. The molecule has 0 bridgehead atoms. The molecular weight excluding hydrogens is 206 g/mol. The molecule has 5 heteroatoms. The maximum Gasteiger partial charge on any atom is 0.237 e. The molecule has 0 saturated carbocycles. The van der Waals surface area contributed by atoms with Gasteiger partial charge in [-0.05, 0) is 26.7 Å². The van der Waals surface area contributed by atoms with Gasteiger partial charge in [0.05, 0.1) is 12.6 Å². The fraction of sp³-hybridized carbons (Fsp3) is 0.818. The normalized spacial score (nSPS) is 20.8. The number of rotatable bonds is 4. The molecule has 0 spiro atoms. The van der Waals surface area contributed by atoms with Crippen molar-refractivity contribution in [2.24, 2.45) is 0 Å². The number of hydrogen-bond acceptors (Lipinski definition) is 3. The lowest BCUT2D eigenvalue weighted by Crippen LogP contribution is -2.51. The highest BCUT2D eigenvalue weighted by Gasteiger charge is 2.22. The fourth-order valence-corrected chi connectivity index (χ4v) is 1.59. The molecule has 1 aliphatic heterocycles. The Labute approximate surface area is 96.6 Å². The Balaban J connectivity index is 2.33. The van der Waals surface area contributed by atoms with Crippen molar-refractivity contribution in [3.05, 3.63) is 0 Å². The monoisotopic (exact) mass is 227 g/mol. The second-order valence-corrected chi connectivity index (χ2v) is 4.47. The predicted octanol–water partition coefficient (Wildman–Crippen LogP) is -0.279. The summed E-state index contributed by atoms with van der Waals surface area (Å²) >= 11 is 0. The van der Waals surface area contributed by atoms with Gasteiger partial charge in [0.2, 0.25) is 11.8 Å². The quantitative estimate of drug-likeness (QED) is 0.694. The summed E-state index contributed by atoms with van der Waals surface area (Å²) in [5.41, 5.74) is 0. The number of nitrogens with one attached hydrogen (secondary N) is 2. The third-order valence-electron chi connectivity index (χ3n) is 2.95. The van der Waals surface area contributed by atoms with Gasteiger partial charge in [-0.2, -0.15) is 0 Å². The van der Waals surface area contributed by atoms with Gasteiger partial charge in [-0.1, -0.05) is 0 Å². The molecule has 0 aromatic heterocycles. The summed E-state index contributed by atoms with van der Waals surface area (Å²) < 4.78 is 0. The zero-order valence-electron chi connectivity index (χ0n) is 10.2. The summed E-state index contributed by atoms with van der Waals surface area (Å²) in [5, 5.41) is 5.79. The Bertz CT molecular complexity index is 266.